The van der Waals surface area contributed by atoms with E-state index in [1.54, 1.807) is 7.11 Å². The predicted octanol–water partition coefficient (Wildman–Crippen LogP) is 2.30. The Kier molecular flexibility index (Phi) is 4.47. The third-order valence-corrected chi connectivity index (χ3v) is 3.10. The number of hydrogen-bond donors (Lipinski definition) is 1. The summed E-state index contributed by atoms with van der Waals surface area (Å²) in [7, 11) is 3.53. The van der Waals surface area contributed by atoms with E-state index in [9.17, 15) is 0 Å². The molecule has 0 bridgehead atoms. The second kappa shape index (κ2) is 6.29. The van der Waals surface area contributed by atoms with Crippen molar-refractivity contribution >= 4 is 0 Å². The van der Waals surface area contributed by atoms with Crippen LogP contribution in [-0.2, 0) is 6.42 Å². The standard InChI is InChI=1S/C15H19N3O/c1-11-5-4-6-12(9-11)10-14(16-2)13-7-8-15(19-3)18-17-13/h4-9,14,16H,10H2,1-3H3. The molecule has 1 unspecified atom stereocenters. The first-order chi connectivity index (χ1) is 9.22. The maximum atomic E-state index is 5.02. The first kappa shape index (κ1) is 13.5. The van der Waals surface area contributed by atoms with Crippen molar-refractivity contribution in [2.75, 3.05) is 14.2 Å². The molecule has 2 rings (SSSR count). The SMILES string of the molecule is CNC(Cc1cccc(C)c1)c1ccc(OC)nn1. The van der Waals surface area contributed by atoms with Crippen LogP contribution in [0, 0.1) is 6.92 Å². The van der Waals surface area contributed by atoms with Gasteiger partial charge in [0, 0.05) is 6.07 Å². The van der Waals surface area contributed by atoms with Crippen LogP contribution < -0.4 is 10.1 Å². The maximum Gasteiger partial charge on any atom is 0.233 e. The molecule has 0 aliphatic heterocycles. The quantitative estimate of drug-likeness (QED) is 0.892. The molecule has 2 aromatic rings. The van der Waals surface area contributed by atoms with E-state index in [1.165, 1.54) is 11.1 Å². The van der Waals surface area contributed by atoms with Gasteiger partial charge in [-0.15, -0.1) is 5.10 Å². The van der Waals surface area contributed by atoms with Gasteiger partial charge in [0.1, 0.15) is 0 Å². The fourth-order valence-corrected chi connectivity index (χ4v) is 2.05. The van der Waals surface area contributed by atoms with Gasteiger partial charge in [-0.1, -0.05) is 29.8 Å². The topological polar surface area (TPSA) is 47.0 Å². The lowest BCUT2D eigenvalue weighted by molar-refractivity contribution is 0.389. The van der Waals surface area contributed by atoms with Gasteiger partial charge in [0.2, 0.25) is 5.88 Å². The lowest BCUT2D eigenvalue weighted by Crippen LogP contribution is -2.20. The molecule has 0 saturated heterocycles. The van der Waals surface area contributed by atoms with Gasteiger partial charge in [0.05, 0.1) is 18.8 Å². The number of rotatable bonds is 5. The summed E-state index contributed by atoms with van der Waals surface area (Å²) in [6.07, 6.45) is 0.888. The van der Waals surface area contributed by atoms with Gasteiger partial charge in [-0.05, 0) is 32.0 Å². The molecule has 1 aromatic carbocycles. The van der Waals surface area contributed by atoms with E-state index in [0.717, 1.165) is 12.1 Å². The number of benzene rings is 1. The molecule has 0 saturated carbocycles. The average molecular weight is 257 g/mol. The van der Waals surface area contributed by atoms with Crippen LogP contribution in [0.3, 0.4) is 0 Å². The van der Waals surface area contributed by atoms with Gasteiger partial charge >= 0.3 is 0 Å². The van der Waals surface area contributed by atoms with Crippen LogP contribution in [0.5, 0.6) is 5.88 Å². The smallest absolute Gasteiger partial charge is 0.233 e. The Morgan fingerprint density at radius 1 is 1.21 bits per heavy atom. The molecule has 1 aromatic heterocycles. The van der Waals surface area contributed by atoms with E-state index in [2.05, 4.69) is 46.7 Å². The Morgan fingerprint density at radius 3 is 2.63 bits per heavy atom. The molecule has 100 valence electrons. The third kappa shape index (κ3) is 3.51. The summed E-state index contributed by atoms with van der Waals surface area (Å²) in [4.78, 5) is 0. The van der Waals surface area contributed by atoms with E-state index in [1.807, 2.05) is 19.2 Å². The van der Waals surface area contributed by atoms with Crippen LogP contribution in [0.15, 0.2) is 36.4 Å². The second-order valence-corrected chi connectivity index (χ2v) is 4.53. The normalized spacial score (nSPS) is 12.2. The molecule has 0 radical (unpaired) electrons. The number of aromatic nitrogens is 2. The van der Waals surface area contributed by atoms with E-state index in [0.29, 0.717) is 5.88 Å². The number of aryl methyl sites for hydroxylation is 1. The molecule has 0 amide bonds. The largest absolute Gasteiger partial charge is 0.480 e. The van der Waals surface area contributed by atoms with Crippen LogP contribution in [0.1, 0.15) is 22.9 Å². The van der Waals surface area contributed by atoms with E-state index in [4.69, 9.17) is 4.74 Å². The lowest BCUT2D eigenvalue weighted by atomic mass is 10.0. The number of likely N-dealkylation sites (N-methyl/N-ethyl adjacent to an activating group) is 1. The van der Waals surface area contributed by atoms with Crippen molar-refractivity contribution in [1.29, 1.82) is 0 Å². The highest BCUT2D eigenvalue weighted by atomic mass is 16.5. The van der Waals surface area contributed by atoms with Gasteiger partial charge in [-0.25, -0.2) is 0 Å². The second-order valence-electron chi connectivity index (χ2n) is 4.53. The molecule has 0 aliphatic carbocycles. The van der Waals surface area contributed by atoms with Crippen LogP contribution in [-0.4, -0.2) is 24.4 Å². The van der Waals surface area contributed by atoms with Crippen LogP contribution in [0.4, 0.5) is 0 Å². The van der Waals surface area contributed by atoms with Gasteiger partial charge in [0.15, 0.2) is 0 Å². The van der Waals surface area contributed by atoms with Crippen LogP contribution >= 0.6 is 0 Å². The van der Waals surface area contributed by atoms with Crippen molar-refractivity contribution in [2.24, 2.45) is 0 Å². The zero-order valence-electron chi connectivity index (χ0n) is 11.6. The number of ether oxygens (including phenoxy) is 1. The first-order valence-electron chi connectivity index (χ1n) is 6.33. The van der Waals surface area contributed by atoms with Crippen molar-refractivity contribution in [3.05, 3.63) is 53.2 Å². The molecule has 0 fully saturated rings. The summed E-state index contributed by atoms with van der Waals surface area (Å²) in [5, 5.41) is 11.5. The lowest BCUT2D eigenvalue weighted by Gasteiger charge is -2.15. The van der Waals surface area contributed by atoms with Crippen LogP contribution in [0.2, 0.25) is 0 Å². The summed E-state index contributed by atoms with van der Waals surface area (Å²) in [6.45, 7) is 2.10. The molecule has 0 spiro atoms. The van der Waals surface area contributed by atoms with Crippen molar-refractivity contribution in [1.82, 2.24) is 15.5 Å². The van der Waals surface area contributed by atoms with E-state index < -0.39 is 0 Å². The van der Waals surface area contributed by atoms with Crippen molar-refractivity contribution in [3.8, 4) is 5.88 Å². The molecular weight excluding hydrogens is 238 g/mol. The van der Waals surface area contributed by atoms with Crippen LogP contribution in [0.25, 0.3) is 0 Å². The van der Waals surface area contributed by atoms with Gasteiger partial charge < -0.3 is 10.1 Å². The zero-order chi connectivity index (χ0) is 13.7. The Hall–Kier alpha value is -1.94. The highest BCUT2D eigenvalue weighted by molar-refractivity contribution is 5.24. The molecule has 19 heavy (non-hydrogen) atoms. The molecular formula is C15H19N3O. The highest BCUT2D eigenvalue weighted by Gasteiger charge is 2.12. The summed E-state index contributed by atoms with van der Waals surface area (Å²) in [6, 6.07) is 12.4. The molecule has 0 aliphatic rings. The first-order valence-corrected chi connectivity index (χ1v) is 6.33. The summed E-state index contributed by atoms with van der Waals surface area (Å²) in [5.41, 5.74) is 3.48. The molecule has 1 heterocycles. The fourth-order valence-electron chi connectivity index (χ4n) is 2.05. The average Bonchev–Trinajstić information content (AvgIpc) is 2.45. The zero-order valence-corrected chi connectivity index (χ0v) is 11.6. The number of methoxy groups -OCH3 is 1. The summed E-state index contributed by atoms with van der Waals surface area (Å²) in [5.74, 6) is 0.536. The minimum Gasteiger partial charge on any atom is -0.480 e. The van der Waals surface area contributed by atoms with Crippen molar-refractivity contribution in [3.63, 3.8) is 0 Å². The minimum absolute atomic E-state index is 0.153. The highest BCUT2D eigenvalue weighted by Crippen LogP contribution is 2.17. The van der Waals surface area contributed by atoms with E-state index in [-0.39, 0.29) is 6.04 Å². The maximum absolute atomic E-state index is 5.02. The minimum atomic E-state index is 0.153. The summed E-state index contributed by atoms with van der Waals surface area (Å²) < 4.78 is 5.02. The van der Waals surface area contributed by atoms with Gasteiger partial charge in [-0.3, -0.25) is 0 Å². The number of nitrogens with zero attached hydrogens (tertiary/aromatic N) is 2. The van der Waals surface area contributed by atoms with E-state index >= 15 is 0 Å². The molecule has 4 heteroatoms. The summed E-state index contributed by atoms with van der Waals surface area (Å²) >= 11 is 0. The Balaban J connectivity index is 2.15. The Morgan fingerprint density at radius 2 is 2.05 bits per heavy atom. The molecule has 1 atom stereocenters. The van der Waals surface area contributed by atoms with Crippen molar-refractivity contribution < 1.29 is 4.74 Å². The molecule has 4 nitrogen and oxygen atoms in total. The monoisotopic (exact) mass is 257 g/mol. The van der Waals surface area contributed by atoms with Gasteiger partial charge in [-0.2, -0.15) is 5.10 Å². The van der Waals surface area contributed by atoms with Crippen molar-refractivity contribution in [2.45, 2.75) is 19.4 Å². The number of hydrogen-bond acceptors (Lipinski definition) is 4. The Labute approximate surface area is 113 Å². The third-order valence-electron chi connectivity index (χ3n) is 3.10. The molecule has 1 N–H and O–H groups in total. The number of nitrogens with one attached hydrogen (secondary N) is 1. The predicted molar refractivity (Wildman–Crippen MR) is 75.3 cm³/mol. The van der Waals surface area contributed by atoms with Gasteiger partial charge in [0.25, 0.3) is 0 Å². The fraction of sp³-hybridized carbons (Fsp3) is 0.333. The Bertz CT molecular complexity index is 525.